The number of hydrogen-bond acceptors (Lipinski definition) is 5. The maximum Gasteiger partial charge on any atom is 0.305 e. The smallest absolute Gasteiger partial charge is 0.305 e. The fourth-order valence-corrected chi connectivity index (χ4v) is 3.31. The average Bonchev–Trinajstić information content (AvgIpc) is 3.09. The van der Waals surface area contributed by atoms with Crippen molar-refractivity contribution in [3.8, 4) is 17.3 Å². The summed E-state index contributed by atoms with van der Waals surface area (Å²) >= 11 is 6.14. The molecule has 0 aliphatic heterocycles. The Kier molecular flexibility index (Phi) is 6.27. The van der Waals surface area contributed by atoms with Crippen molar-refractivity contribution < 1.29 is 24.5 Å². The number of nitrogens with zero attached hydrogens (tertiary/aromatic N) is 2. The zero-order chi connectivity index (χ0) is 21.8. The Balaban J connectivity index is 1.89. The molecule has 9 heteroatoms. The SMILES string of the molecule is COc1ccc(C(CC(=O)O)NC(=O)c2cc(O)n(-c3ccccc3Cl)n2)c(C)c1. The number of aromatic hydroxyl groups is 1. The Morgan fingerprint density at radius 3 is 2.60 bits per heavy atom. The van der Waals surface area contributed by atoms with E-state index in [1.165, 1.54) is 13.2 Å². The number of carboxylic acid groups (broad SMARTS) is 1. The van der Waals surface area contributed by atoms with Crippen LogP contribution in [0.3, 0.4) is 0 Å². The number of para-hydroxylation sites is 1. The first kappa shape index (κ1) is 21.2. The predicted molar refractivity (Wildman–Crippen MR) is 110 cm³/mol. The number of aromatic nitrogens is 2. The highest BCUT2D eigenvalue weighted by Crippen LogP contribution is 2.27. The molecule has 1 amide bonds. The second-order valence-electron chi connectivity index (χ2n) is 6.60. The number of carbonyl (C=O) groups excluding carboxylic acids is 1. The summed E-state index contributed by atoms with van der Waals surface area (Å²) in [6, 6.07) is 12.3. The van der Waals surface area contributed by atoms with Gasteiger partial charge in [0, 0.05) is 6.07 Å². The highest BCUT2D eigenvalue weighted by atomic mass is 35.5. The van der Waals surface area contributed by atoms with Crippen LogP contribution in [-0.2, 0) is 4.79 Å². The van der Waals surface area contributed by atoms with E-state index in [1.54, 1.807) is 49.4 Å². The molecule has 3 aromatic rings. The first-order chi connectivity index (χ1) is 14.3. The fraction of sp³-hybridized carbons (Fsp3) is 0.190. The number of methoxy groups -OCH3 is 1. The third-order valence-electron chi connectivity index (χ3n) is 4.54. The van der Waals surface area contributed by atoms with Crippen LogP contribution in [-0.4, -0.2) is 39.0 Å². The van der Waals surface area contributed by atoms with E-state index in [-0.39, 0.29) is 18.0 Å². The number of rotatable bonds is 7. The number of hydrogen-bond donors (Lipinski definition) is 3. The van der Waals surface area contributed by atoms with E-state index in [0.717, 1.165) is 10.2 Å². The Hall–Kier alpha value is -3.52. The number of nitrogens with one attached hydrogen (secondary N) is 1. The molecule has 0 bridgehead atoms. The molecular formula is C21H20ClN3O5. The topological polar surface area (TPSA) is 114 Å². The second-order valence-corrected chi connectivity index (χ2v) is 7.00. The average molecular weight is 430 g/mol. The molecule has 0 saturated carbocycles. The third-order valence-corrected chi connectivity index (χ3v) is 4.86. The van der Waals surface area contributed by atoms with Crippen LogP contribution >= 0.6 is 11.6 Å². The Morgan fingerprint density at radius 2 is 1.97 bits per heavy atom. The van der Waals surface area contributed by atoms with Gasteiger partial charge in [-0.1, -0.05) is 29.8 Å². The van der Waals surface area contributed by atoms with Crippen LogP contribution in [0.1, 0.15) is 34.1 Å². The lowest BCUT2D eigenvalue weighted by Gasteiger charge is -2.19. The zero-order valence-electron chi connectivity index (χ0n) is 16.3. The van der Waals surface area contributed by atoms with E-state index in [0.29, 0.717) is 22.0 Å². The molecule has 1 unspecified atom stereocenters. The second kappa shape index (κ2) is 8.87. The lowest BCUT2D eigenvalue weighted by atomic mass is 9.98. The summed E-state index contributed by atoms with van der Waals surface area (Å²) < 4.78 is 6.31. The normalized spacial score (nSPS) is 11.7. The maximum absolute atomic E-state index is 12.8. The summed E-state index contributed by atoms with van der Waals surface area (Å²) in [7, 11) is 1.53. The van der Waals surface area contributed by atoms with Crippen molar-refractivity contribution in [2.24, 2.45) is 0 Å². The van der Waals surface area contributed by atoms with Crippen molar-refractivity contribution in [3.63, 3.8) is 0 Å². The minimum atomic E-state index is -1.07. The van der Waals surface area contributed by atoms with Crippen molar-refractivity contribution in [1.82, 2.24) is 15.1 Å². The monoisotopic (exact) mass is 429 g/mol. The molecule has 30 heavy (non-hydrogen) atoms. The summed E-state index contributed by atoms with van der Waals surface area (Å²) in [5, 5.41) is 26.7. The van der Waals surface area contributed by atoms with Crippen molar-refractivity contribution in [2.45, 2.75) is 19.4 Å². The number of aliphatic carboxylic acids is 1. The van der Waals surface area contributed by atoms with Crippen LogP contribution < -0.4 is 10.1 Å². The molecule has 1 heterocycles. The number of ether oxygens (including phenoxy) is 1. The van der Waals surface area contributed by atoms with Crippen molar-refractivity contribution in [1.29, 1.82) is 0 Å². The van der Waals surface area contributed by atoms with Gasteiger partial charge in [-0.05, 0) is 42.3 Å². The van der Waals surface area contributed by atoms with Crippen LogP contribution in [0, 0.1) is 6.92 Å². The molecule has 2 aromatic carbocycles. The van der Waals surface area contributed by atoms with Gasteiger partial charge in [0.15, 0.2) is 5.69 Å². The van der Waals surface area contributed by atoms with Gasteiger partial charge in [-0.3, -0.25) is 9.59 Å². The molecule has 8 nitrogen and oxygen atoms in total. The van der Waals surface area contributed by atoms with Gasteiger partial charge in [-0.2, -0.15) is 9.78 Å². The first-order valence-corrected chi connectivity index (χ1v) is 9.39. The lowest BCUT2D eigenvalue weighted by Crippen LogP contribution is -2.31. The van der Waals surface area contributed by atoms with Gasteiger partial charge in [-0.15, -0.1) is 0 Å². The number of carboxylic acids is 1. The summed E-state index contributed by atoms with van der Waals surface area (Å²) in [6.07, 6.45) is -0.323. The van der Waals surface area contributed by atoms with Gasteiger partial charge >= 0.3 is 5.97 Å². The van der Waals surface area contributed by atoms with E-state index in [4.69, 9.17) is 16.3 Å². The van der Waals surface area contributed by atoms with Crippen LogP contribution in [0.5, 0.6) is 11.6 Å². The fourth-order valence-electron chi connectivity index (χ4n) is 3.09. The molecule has 156 valence electrons. The molecule has 1 aromatic heterocycles. The summed E-state index contributed by atoms with van der Waals surface area (Å²) in [5.74, 6) is -1.35. The largest absolute Gasteiger partial charge is 0.497 e. The number of aryl methyl sites for hydroxylation is 1. The summed E-state index contributed by atoms with van der Waals surface area (Å²) in [4.78, 5) is 24.1. The molecule has 0 fully saturated rings. The van der Waals surface area contributed by atoms with E-state index >= 15 is 0 Å². The molecule has 0 saturated heterocycles. The minimum Gasteiger partial charge on any atom is -0.497 e. The zero-order valence-corrected chi connectivity index (χ0v) is 17.1. The lowest BCUT2D eigenvalue weighted by molar-refractivity contribution is -0.137. The summed E-state index contributed by atoms with van der Waals surface area (Å²) in [5.41, 5.74) is 1.74. The molecule has 1 atom stereocenters. The van der Waals surface area contributed by atoms with Crippen LogP contribution in [0.25, 0.3) is 5.69 Å². The van der Waals surface area contributed by atoms with Crippen LogP contribution in [0.2, 0.25) is 5.02 Å². The quantitative estimate of drug-likeness (QED) is 0.529. The molecule has 0 aliphatic rings. The molecule has 0 aliphatic carbocycles. The number of halogens is 1. The van der Waals surface area contributed by atoms with Gasteiger partial charge < -0.3 is 20.3 Å². The molecule has 3 N–H and O–H groups in total. The van der Waals surface area contributed by atoms with E-state index in [1.807, 2.05) is 0 Å². The molecule has 0 spiro atoms. The Morgan fingerprint density at radius 1 is 1.23 bits per heavy atom. The Labute approximate surface area is 177 Å². The van der Waals surface area contributed by atoms with Crippen LogP contribution in [0.15, 0.2) is 48.5 Å². The van der Waals surface area contributed by atoms with Crippen molar-refractivity contribution >= 4 is 23.5 Å². The van der Waals surface area contributed by atoms with E-state index in [2.05, 4.69) is 10.4 Å². The first-order valence-electron chi connectivity index (χ1n) is 9.01. The highest BCUT2D eigenvalue weighted by molar-refractivity contribution is 6.32. The van der Waals surface area contributed by atoms with Gasteiger partial charge in [0.05, 0.1) is 30.3 Å². The van der Waals surface area contributed by atoms with Gasteiger partial charge in [0.1, 0.15) is 5.75 Å². The van der Waals surface area contributed by atoms with Crippen LogP contribution in [0.4, 0.5) is 0 Å². The molecular weight excluding hydrogens is 410 g/mol. The highest BCUT2D eigenvalue weighted by Gasteiger charge is 2.23. The van der Waals surface area contributed by atoms with E-state index < -0.39 is 17.9 Å². The number of amides is 1. The van der Waals surface area contributed by atoms with Crippen molar-refractivity contribution in [3.05, 3.63) is 70.4 Å². The van der Waals surface area contributed by atoms with Gasteiger partial charge in [0.25, 0.3) is 5.91 Å². The Bertz CT molecular complexity index is 1100. The number of carbonyl (C=O) groups is 2. The minimum absolute atomic E-state index is 0.0750. The molecule has 3 rings (SSSR count). The molecule has 0 radical (unpaired) electrons. The standard InChI is InChI=1S/C21H20ClN3O5/c1-12-9-13(30-2)7-8-14(12)16(11-20(27)28)23-21(29)17-10-19(26)25(24-17)18-6-4-3-5-15(18)22/h3-10,16,26H,11H2,1-2H3,(H,23,29)(H,27,28). The predicted octanol–water partition coefficient (Wildman–Crippen LogP) is 3.49. The van der Waals surface area contributed by atoms with Crippen molar-refractivity contribution in [2.75, 3.05) is 7.11 Å². The number of benzene rings is 2. The van der Waals surface area contributed by atoms with Gasteiger partial charge in [-0.25, -0.2) is 0 Å². The maximum atomic E-state index is 12.8. The van der Waals surface area contributed by atoms with Gasteiger partial charge in [0.2, 0.25) is 5.88 Å². The summed E-state index contributed by atoms with van der Waals surface area (Å²) in [6.45, 7) is 1.80. The van der Waals surface area contributed by atoms with E-state index in [9.17, 15) is 19.8 Å². The third kappa shape index (κ3) is 4.55.